The van der Waals surface area contributed by atoms with E-state index in [4.69, 9.17) is 16.3 Å². The van der Waals surface area contributed by atoms with Gasteiger partial charge in [0.1, 0.15) is 23.5 Å². The zero-order valence-corrected chi connectivity index (χ0v) is 29.0. The second-order valence-electron chi connectivity index (χ2n) is 12.4. The zero-order chi connectivity index (χ0) is 36.8. The lowest BCUT2D eigenvalue weighted by Crippen LogP contribution is -2.58. The van der Waals surface area contributed by atoms with E-state index in [9.17, 15) is 41.1 Å². The number of aromatic nitrogens is 1. The highest BCUT2D eigenvalue weighted by Crippen LogP contribution is 2.30. The number of carbonyl (C=O) groups is 3. The van der Waals surface area contributed by atoms with Crippen LogP contribution in [0.1, 0.15) is 41.9 Å². The molecular formula is C34H38ClF3N4O7S. The van der Waals surface area contributed by atoms with Crippen LogP contribution in [0.15, 0.2) is 72.9 Å². The molecule has 0 radical (unpaired) electrons. The van der Waals surface area contributed by atoms with Crippen molar-refractivity contribution in [2.45, 2.75) is 68.1 Å². The number of pyridine rings is 1. The number of halogens is 4. The van der Waals surface area contributed by atoms with Crippen LogP contribution in [0.25, 0.3) is 0 Å². The molecule has 3 unspecified atom stereocenters. The third-order valence-corrected chi connectivity index (χ3v) is 10.7. The maximum Gasteiger partial charge on any atom is 0.416 e. The molecule has 2 heterocycles. The lowest BCUT2D eigenvalue weighted by atomic mass is 9.97. The van der Waals surface area contributed by atoms with Gasteiger partial charge in [-0.1, -0.05) is 55.8 Å². The second kappa shape index (κ2) is 16.2. The molecule has 1 saturated heterocycles. The average molecular weight is 739 g/mol. The molecule has 50 heavy (non-hydrogen) atoms. The van der Waals surface area contributed by atoms with Gasteiger partial charge in [-0.15, -0.1) is 0 Å². The van der Waals surface area contributed by atoms with Crippen LogP contribution >= 0.6 is 11.6 Å². The van der Waals surface area contributed by atoms with E-state index in [-0.39, 0.29) is 12.1 Å². The van der Waals surface area contributed by atoms with Crippen molar-refractivity contribution in [3.8, 4) is 5.75 Å². The Bertz CT molecular complexity index is 1760. The molecule has 1 aliphatic rings. The van der Waals surface area contributed by atoms with E-state index in [1.807, 2.05) is 0 Å². The summed E-state index contributed by atoms with van der Waals surface area (Å²) in [6.07, 6.45) is -7.20. The molecule has 11 nitrogen and oxygen atoms in total. The Kier molecular flexibility index (Phi) is 12.5. The minimum atomic E-state index is -5.07. The number of likely N-dealkylation sites (tertiary alicyclic amines) is 1. The molecule has 0 bridgehead atoms. The lowest BCUT2D eigenvalue weighted by molar-refractivity contribution is -0.215. The first kappa shape index (κ1) is 38.6. The third-order valence-electron chi connectivity index (χ3n) is 8.42. The molecule has 1 aliphatic heterocycles. The molecular weight excluding hydrogens is 701 g/mol. The quantitative estimate of drug-likeness (QED) is 0.240. The second-order valence-corrected chi connectivity index (χ2v) is 15.1. The Morgan fingerprint density at radius 2 is 1.74 bits per heavy atom. The van der Waals surface area contributed by atoms with Crippen LogP contribution in [0, 0.1) is 5.92 Å². The van der Waals surface area contributed by atoms with Gasteiger partial charge < -0.3 is 25.4 Å². The molecule has 0 saturated carbocycles. The first-order valence-corrected chi connectivity index (χ1v) is 17.8. The Balaban J connectivity index is 1.70. The molecule has 1 fully saturated rings. The number of nitrogens with one attached hydrogen (secondary N) is 2. The summed E-state index contributed by atoms with van der Waals surface area (Å²) in [6, 6.07) is 12.6. The number of ether oxygens (including phenoxy) is 1. The topological polar surface area (TPSA) is 155 Å². The van der Waals surface area contributed by atoms with Gasteiger partial charge in [-0.2, -0.15) is 13.2 Å². The van der Waals surface area contributed by atoms with E-state index in [0.29, 0.717) is 21.9 Å². The van der Waals surface area contributed by atoms with Gasteiger partial charge in [-0.3, -0.25) is 19.4 Å². The van der Waals surface area contributed by atoms with Crippen LogP contribution in [0.4, 0.5) is 13.2 Å². The number of rotatable bonds is 13. The molecule has 3 aromatic rings. The van der Waals surface area contributed by atoms with E-state index in [1.54, 1.807) is 60.7 Å². The van der Waals surface area contributed by atoms with Crippen LogP contribution in [0.3, 0.4) is 0 Å². The first-order valence-electron chi connectivity index (χ1n) is 15.7. The van der Waals surface area contributed by atoms with Gasteiger partial charge in [-0.25, -0.2) is 8.42 Å². The zero-order valence-electron chi connectivity index (χ0n) is 27.4. The highest BCUT2D eigenvalue weighted by atomic mass is 35.5. The van der Waals surface area contributed by atoms with Gasteiger partial charge in [0, 0.05) is 24.2 Å². The molecule has 5 atom stereocenters. The summed E-state index contributed by atoms with van der Waals surface area (Å²) in [5.41, 5.74) is 0.911. The van der Waals surface area contributed by atoms with Crippen molar-refractivity contribution in [2.75, 3.05) is 13.7 Å². The van der Waals surface area contributed by atoms with Gasteiger partial charge in [0.15, 0.2) is 15.9 Å². The molecule has 3 N–H and O–H groups in total. The standard InChI is InChI=1S/C34H38ClF3N4O7S/c1-20(2)29(30(43)34(36,37)38)41-32(45)28-17-25(50(47,48)19-21-10-12-24(49-3)13-11-21)18-42(28)33(46)27(16-22-7-6-8-23(35)15-22)40-31(44)26-9-4-5-14-39-26/h4-15,20,25,27-30,43H,16-19H2,1-3H3,(H,40,44)(H,41,45)/t25-,27?,28+,29?,30?/m1/s1. The van der Waals surface area contributed by atoms with Crippen LogP contribution in [-0.4, -0.2) is 90.4 Å². The predicted octanol–water partition coefficient (Wildman–Crippen LogP) is 3.73. The monoisotopic (exact) mass is 738 g/mol. The minimum absolute atomic E-state index is 0.0204. The molecule has 16 heteroatoms. The fourth-order valence-corrected chi connectivity index (χ4v) is 7.69. The van der Waals surface area contributed by atoms with Crippen molar-refractivity contribution in [3.63, 3.8) is 0 Å². The summed E-state index contributed by atoms with van der Waals surface area (Å²) >= 11 is 6.17. The van der Waals surface area contributed by atoms with Gasteiger partial charge in [0.05, 0.1) is 24.2 Å². The number of methoxy groups -OCH3 is 1. The summed E-state index contributed by atoms with van der Waals surface area (Å²) in [5, 5.41) is 13.9. The number of aliphatic hydroxyl groups excluding tert-OH is 1. The van der Waals surface area contributed by atoms with Crippen molar-refractivity contribution < 1.29 is 45.8 Å². The highest BCUT2D eigenvalue weighted by molar-refractivity contribution is 7.91. The third kappa shape index (κ3) is 9.73. The Morgan fingerprint density at radius 3 is 2.32 bits per heavy atom. The van der Waals surface area contributed by atoms with Crippen molar-refractivity contribution in [2.24, 2.45) is 5.92 Å². The summed E-state index contributed by atoms with van der Waals surface area (Å²) in [5.74, 6) is -3.53. The number of aliphatic hydroxyl groups is 1. The maximum atomic E-state index is 14.4. The lowest BCUT2D eigenvalue weighted by Gasteiger charge is -2.32. The summed E-state index contributed by atoms with van der Waals surface area (Å²) in [6.45, 7) is 2.25. The molecule has 0 spiro atoms. The highest BCUT2D eigenvalue weighted by Gasteiger charge is 2.49. The van der Waals surface area contributed by atoms with Gasteiger partial charge in [-0.05, 0) is 59.9 Å². The first-order chi connectivity index (χ1) is 23.5. The van der Waals surface area contributed by atoms with E-state index in [1.165, 1.54) is 33.2 Å². The smallest absolute Gasteiger partial charge is 0.416 e. The van der Waals surface area contributed by atoms with Gasteiger partial charge >= 0.3 is 6.18 Å². The van der Waals surface area contributed by atoms with Crippen molar-refractivity contribution in [3.05, 3.63) is 94.8 Å². The van der Waals surface area contributed by atoms with Crippen LogP contribution in [-0.2, 0) is 31.6 Å². The minimum Gasteiger partial charge on any atom is -0.497 e. The summed E-state index contributed by atoms with van der Waals surface area (Å²) in [7, 11) is -2.61. The van der Waals surface area contributed by atoms with Crippen LogP contribution in [0.5, 0.6) is 5.75 Å². The van der Waals surface area contributed by atoms with E-state index in [0.717, 1.165) is 4.90 Å². The SMILES string of the molecule is COc1ccc(CS(=O)(=O)[C@@H]2C[C@@H](C(=O)NC(C(C)C)C(O)C(F)(F)F)N(C(=O)C(Cc3cccc(Cl)c3)NC(=O)c3ccccn3)C2)cc1. The number of sulfone groups is 1. The van der Waals surface area contributed by atoms with E-state index >= 15 is 0 Å². The number of alkyl halides is 3. The molecule has 4 rings (SSSR count). The number of carbonyl (C=O) groups excluding carboxylic acids is 3. The predicted molar refractivity (Wildman–Crippen MR) is 179 cm³/mol. The molecule has 2 aromatic carbocycles. The largest absolute Gasteiger partial charge is 0.497 e. The normalized spacial score (nSPS) is 18.3. The van der Waals surface area contributed by atoms with E-state index < -0.39 is 87.9 Å². The van der Waals surface area contributed by atoms with Gasteiger partial charge in [0.25, 0.3) is 5.91 Å². The van der Waals surface area contributed by atoms with Crippen molar-refractivity contribution in [1.82, 2.24) is 20.5 Å². The maximum absolute atomic E-state index is 14.4. The fourth-order valence-electron chi connectivity index (χ4n) is 5.73. The number of amides is 3. The number of nitrogens with zero attached hydrogens (tertiary/aromatic N) is 2. The Morgan fingerprint density at radius 1 is 1.04 bits per heavy atom. The Hall–Kier alpha value is -4.21. The van der Waals surface area contributed by atoms with Crippen LogP contribution in [0.2, 0.25) is 5.02 Å². The fraction of sp³-hybridized carbons (Fsp3) is 0.412. The number of hydrogen-bond acceptors (Lipinski definition) is 8. The molecule has 0 aliphatic carbocycles. The number of hydrogen-bond donors (Lipinski definition) is 3. The van der Waals surface area contributed by atoms with Gasteiger partial charge in [0.2, 0.25) is 11.8 Å². The number of benzene rings is 2. The molecule has 1 aromatic heterocycles. The summed E-state index contributed by atoms with van der Waals surface area (Å²) in [4.78, 5) is 46.3. The molecule has 3 amide bonds. The van der Waals surface area contributed by atoms with Crippen molar-refractivity contribution in [1.29, 1.82) is 0 Å². The average Bonchev–Trinajstić information content (AvgIpc) is 3.53. The van der Waals surface area contributed by atoms with E-state index in [2.05, 4.69) is 15.6 Å². The van der Waals surface area contributed by atoms with Crippen molar-refractivity contribution >= 4 is 39.2 Å². The summed E-state index contributed by atoms with van der Waals surface area (Å²) < 4.78 is 73.3. The van der Waals surface area contributed by atoms with Crippen LogP contribution < -0.4 is 15.4 Å². The Labute approximate surface area is 293 Å². The molecule has 270 valence electrons.